The van der Waals surface area contributed by atoms with Gasteiger partial charge >= 0.3 is 0 Å². The Hall–Kier alpha value is 0.110. The second-order valence-corrected chi connectivity index (χ2v) is 5.77. The summed E-state index contributed by atoms with van der Waals surface area (Å²) in [6.07, 6.45) is 7.89. The standard InChI is InChI=1S/C11H22O2S/c1-3-5-7-11(8-6-4-2)9-10-13-14(11)12/h3-10H2,1-2H3. The lowest BCUT2D eigenvalue weighted by atomic mass is 9.92. The van der Waals surface area contributed by atoms with Crippen LogP contribution in [0.1, 0.15) is 58.8 Å². The number of unbranched alkanes of at least 4 members (excludes halogenated alkanes) is 2. The van der Waals surface area contributed by atoms with E-state index in [1.807, 2.05) is 0 Å². The zero-order chi connectivity index (χ0) is 10.4. The summed E-state index contributed by atoms with van der Waals surface area (Å²) in [5, 5.41) is 0. The molecule has 1 fully saturated rings. The van der Waals surface area contributed by atoms with E-state index < -0.39 is 11.1 Å². The maximum absolute atomic E-state index is 11.8. The van der Waals surface area contributed by atoms with Gasteiger partial charge in [-0.05, 0) is 19.3 Å². The fraction of sp³-hybridized carbons (Fsp3) is 1.00. The molecule has 1 aliphatic heterocycles. The van der Waals surface area contributed by atoms with Crippen molar-refractivity contribution >= 4 is 11.1 Å². The third-order valence-electron chi connectivity index (χ3n) is 3.07. The van der Waals surface area contributed by atoms with Gasteiger partial charge in [0.15, 0.2) is 11.1 Å². The molecule has 14 heavy (non-hydrogen) atoms. The van der Waals surface area contributed by atoms with Crippen LogP contribution in [0.15, 0.2) is 0 Å². The van der Waals surface area contributed by atoms with E-state index in [-0.39, 0.29) is 4.75 Å². The minimum absolute atomic E-state index is 0.00597. The van der Waals surface area contributed by atoms with Crippen LogP contribution in [0.5, 0.6) is 0 Å². The molecule has 0 amide bonds. The Morgan fingerprint density at radius 3 is 2.14 bits per heavy atom. The molecule has 3 heteroatoms. The van der Waals surface area contributed by atoms with Crippen LogP contribution in [-0.2, 0) is 15.3 Å². The van der Waals surface area contributed by atoms with Gasteiger partial charge in [0.25, 0.3) is 0 Å². The highest BCUT2D eigenvalue weighted by Gasteiger charge is 2.41. The van der Waals surface area contributed by atoms with Crippen LogP contribution in [-0.4, -0.2) is 15.6 Å². The van der Waals surface area contributed by atoms with Crippen molar-refractivity contribution in [3.05, 3.63) is 0 Å². The topological polar surface area (TPSA) is 26.3 Å². The smallest absolute Gasteiger partial charge is 0.161 e. The summed E-state index contributed by atoms with van der Waals surface area (Å²) in [4.78, 5) is 0. The summed E-state index contributed by atoms with van der Waals surface area (Å²) in [5.74, 6) is 0. The Labute approximate surface area is 90.1 Å². The molecular formula is C11H22O2S. The van der Waals surface area contributed by atoms with Crippen LogP contribution >= 0.6 is 0 Å². The van der Waals surface area contributed by atoms with Crippen molar-refractivity contribution in [1.29, 1.82) is 0 Å². The van der Waals surface area contributed by atoms with Crippen LogP contribution in [0, 0.1) is 0 Å². The number of hydrogen-bond donors (Lipinski definition) is 0. The highest BCUT2D eigenvalue weighted by molar-refractivity contribution is 7.81. The predicted octanol–water partition coefficient (Wildman–Crippen LogP) is 3.19. The fourth-order valence-corrected chi connectivity index (χ4v) is 3.41. The molecule has 0 spiro atoms. The van der Waals surface area contributed by atoms with Gasteiger partial charge in [-0.15, -0.1) is 0 Å². The zero-order valence-corrected chi connectivity index (χ0v) is 10.2. The molecule has 0 aromatic heterocycles. The summed E-state index contributed by atoms with van der Waals surface area (Å²) < 4.78 is 17.0. The van der Waals surface area contributed by atoms with Crippen LogP contribution in [0.25, 0.3) is 0 Å². The van der Waals surface area contributed by atoms with Gasteiger partial charge in [0.1, 0.15) is 0 Å². The molecule has 0 aromatic carbocycles. The van der Waals surface area contributed by atoms with Crippen LogP contribution in [0.2, 0.25) is 0 Å². The lowest BCUT2D eigenvalue weighted by molar-refractivity contribution is 0.370. The second kappa shape index (κ2) is 5.86. The van der Waals surface area contributed by atoms with Crippen molar-refractivity contribution in [2.75, 3.05) is 6.61 Å². The fourth-order valence-electron chi connectivity index (χ4n) is 2.05. The van der Waals surface area contributed by atoms with Crippen molar-refractivity contribution < 1.29 is 8.39 Å². The van der Waals surface area contributed by atoms with Crippen molar-refractivity contribution in [3.8, 4) is 0 Å². The van der Waals surface area contributed by atoms with Crippen molar-refractivity contribution in [3.63, 3.8) is 0 Å². The first-order valence-electron chi connectivity index (χ1n) is 5.80. The lowest BCUT2D eigenvalue weighted by Gasteiger charge is -2.25. The molecule has 0 radical (unpaired) electrons. The Balaban J connectivity index is 2.53. The summed E-state index contributed by atoms with van der Waals surface area (Å²) in [6.45, 7) is 5.07. The summed E-state index contributed by atoms with van der Waals surface area (Å²) >= 11 is -1.02. The van der Waals surface area contributed by atoms with E-state index in [9.17, 15) is 4.21 Å². The molecule has 2 nitrogen and oxygen atoms in total. The first kappa shape index (κ1) is 12.2. The second-order valence-electron chi connectivity index (χ2n) is 4.20. The highest BCUT2D eigenvalue weighted by Crippen LogP contribution is 2.36. The Morgan fingerprint density at radius 2 is 1.79 bits per heavy atom. The van der Waals surface area contributed by atoms with Gasteiger partial charge in [-0.2, -0.15) is 0 Å². The maximum Gasteiger partial charge on any atom is 0.161 e. The minimum atomic E-state index is -1.02. The predicted molar refractivity (Wildman–Crippen MR) is 60.5 cm³/mol. The molecule has 1 heterocycles. The highest BCUT2D eigenvalue weighted by atomic mass is 32.2. The third-order valence-corrected chi connectivity index (χ3v) is 4.77. The zero-order valence-electron chi connectivity index (χ0n) is 9.38. The molecule has 0 aromatic rings. The lowest BCUT2D eigenvalue weighted by Crippen LogP contribution is -2.29. The Morgan fingerprint density at radius 1 is 1.21 bits per heavy atom. The van der Waals surface area contributed by atoms with Crippen LogP contribution in [0.3, 0.4) is 0 Å². The van der Waals surface area contributed by atoms with E-state index in [2.05, 4.69) is 13.8 Å². The molecule has 84 valence electrons. The van der Waals surface area contributed by atoms with Gasteiger partial charge in [0.05, 0.1) is 11.4 Å². The normalized spacial score (nSPS) is 25.4. The summed E-state index contributed by atoms with van der Waals surface area (Å²) in [7, 11) is 0. The minimum Gasteiger partial charge on any atom is -0.290 e. The van der Waals surface area contributed by atoms with Gasteiger partial charge in [-0.25, -0.2) is 4.21 Å². The number of rotatable bonds is 6. The molecule has 0 aliphatic carbocycles. The van der Waals surface area contributed by atoms with Gasteiger partial charge in [-0.3, -0.25) is 4.18 Å². The summed E-state index contributed by atoms with van der Waals surface area (Å²) in [5.41, 5.74) is 0. The van der Waals surface area contributed by atoms with Gasteiger partial charge in [0.2, 0.25) is 0 Å². The van der Waals surface area contributed by atoms with E-state index in [0.29, 0.717) is 6.61 Å². The maximum atomic E-state index is 11.8. The van der Waals surface area contributed by atoms with E-state index in [1.165, 1.54) is 25.7 Å². The monoisotopic (exact) mass is 218 g/mol. The van der Waals surface area contributed by atoms with Crippen LogP contribution < -0.4 is 0 Å². The molecule has 1 atom stereocenters. The van der Waals surface area contributed by atoms with E-state index in [0.717, 1.165) is 19.3 Å². The van der Waals surface area contributed by atoms with Gasteiger partial charge < -0.3 is 0 Å². The molecular weight excluding hydrogens is 196 g/mol. The first-order valence-corrected chi connectivity index (χ1v) is 6.88. The summed E-state index contributed by atoms with van der Waals surface area (Å²) in [6, 6.07) is 0. The average Bonchev–Trinajstić information content (AvgIpc) is 2.55. The molecule has 0 bridgehead atoms. The van der Waals surface area contributed by atoms with Crippen LogP contribution in [0.4, 0.5) is 0 Å². The number of hydrogen-bond acceptors (Lipinski definition) is 2. The average molecular weight is 218 g/mol. The van der Waals surface area contributed by atoms with Crippen molar-refractivity contribution in [1.82, 2.24) is 0 Å². The molecule has 0 N–H and O–H groups in total. The largest absolute Gasteiger partial charge is 0.290 e. The third kappa shape index (κ3) is 2.80. The van der Waals surface area contributed by atoms with Gasteiger partial charge in [0, 0.05) is 0 Å². The quantitative estimate of drug-likeness (QED) is 0.684. The van der Waals surface area contributed by atoms with E-state index in [4.69, 9.17) is 4.18 Å². The molecule has 0 saturated carbocycles. The molecule has 1 saturated heterocycles. The SMILES string of the molecule is CCCCC1(CCCC)CCOS1=O. The Kier molecular flexibility index (Phi) is 5.10. The van der Waals surface area contributed by atoms with Gasteiger partial charge in [-0.1, -0.05) is 39.5 Å². The first-order chi connectivity index (χ1) is 6.75. The molecule has 1 unspecified atom stereocenters. The van der Waals surface area contributed by atoms with E-state index >= 15 is 0 Å². The van der Waals surface area contributed by atoms with Crippen molar-refractivity contribution in [2.24, 2.45) is 0 Å². The van der Waals surface area contributed by atoms with Crippen molar-refractivity contribution in [2.45, 2.75) is 63.5 Å². The molecule has 1 rings (SSSR count). The Bertz CT molecular complexity index is 184. The molecule has 1 aliphatic rings. The van der Waals surface area contributed by atoms with E-state index in [1.54, 1.807) is 0 Å².